The first kappa shape index (κ1) is 16.9. The van der Waals surface area contributed by atoms with E-state index in [1.807, 2.05) is 0 Å². The van der Waals surface area contributed by atoms with Gasteiger partial charge in [-0.25, -0.2) is 9.18 Å². The lowest BCUT2D eigenvalue weighted by Crippen LogP contribution is -2.47. The van der Waals surface area contributed by atoms with Crippen LogP contribution in [0.3, 0.4) is 0 Å². The van der Waals surface area contributed by atoms with Crippen molar-refractivity contribution in [3.05, 3.63) is 29.6 Å². The molecule has 116 valence electrons. The van der Waals surface area contributed by atoms with Gasteiger partial charge in [-0.2, -0.15) is 0 Å². The number of halogens is 1. The third kappa shape index (κ3) is 5.06. The first-order valence-electron chi connectivity index (χ1n) is 6.85. The van der Waals surface area contributed by atoms with Gasteiger partial charge >= 0.3 is 6.09 Å². The Labute approximate surface area is 123 Å². The van der Waals surface area contributed by atoms with Gasteiger partial charge in [0.05, 0.1) is 12.3 Å². The van der Waals surface area contributed by atoms with Crippen LogP contribution in [0.4, 0.5) is 14.9 Å². The monoisotopic (exact) mass is 296 g/mol. The number of benzene rings is 1. The molecule has 2 N–H and O–H groups in total. The topological polar surface area (TPSA) is 67.4 Å². The molecule has 0 aromatic heterocycles. The SMILES string of the molecule is CCOC(=O)NC(C(=O)Nc1cc(C)ccc1F)C(C)C. The van der Waals surface area contributed by atoms with Crippen molar-refractivity contribution >= 4 is 17.7 Å². The predicted molar refractivity (Wildman–Crippen MR) is 78.6 cm³/mol. The number of anilines is 1. The summed E-state index contributed by atoms with van der Waals surface area (Å²) in [6.45, 7) is 7.25. The summed E-state index contributed by atoms with van der Waals surface area (Å²) in [6.07, 6.45) is -0.670. The fraction of sp³-hybridized carbons (Fsp3) is 0.467. The predicted octanol–water partition coefficient (Wildman–Crippen LogP) is 2.84. The van der Waals surface area contributed by atoms with Gasteiger partial charge in [-0.1, -0.05) is 19.9 Å². The first-order valence-corrected chi connectivity index (χ1v) is 6.85. The molecular weight excluding hydrogens is 275 g/mol. The minimum atomic E-state index is -0.802. The third-order valence-corrected chi connectivity index (χ3v) is 2.88. The van der Waals surface area contributed by atoms with Gasteiger partial charge in [0.1, 0.15) is 11.9 Å². The van der Waals surface area contributed by atoms with Gasteiger partial charge in [0.2, 0.25) is 5.91 Å². The molecule has 0 aliphatic heterocycles. The van der Waals surface area contributed by atoms with E-state index in [1.54, 1.807) is 33.8 Å². The molecule has 6 heteroatoms. The Kier molecular flexibility index (Phi) is 6.14. The smallest absolute Gasteiger partial charge is 0.407 e. The minimum Gasteiger partial charge on any atom is -0.450 e. The second-order valence-electron chi connectivity index (χ2n) is 5.06. The second kappa shape index (κ2) is 7.61. The van der Waals surface area contributed by atoms with E-state index in [9.17, 15) is 14.0 Å². The van der Waals surface area contributed by atoms with E-state index in [-0.39, 0.29) is 18.2 Å². The number of aryl methyl sites for hydroxylation is 1. The lowest BCUT2D eigenvalue weighted by Gasteiger charge is -2.21. The van der Waals surface area contributed by atoms with Crippen LogP contribution in [0.5, 0.6) is 0 Å². The number of carbonyl (C=O) groups excluding carboxylic acids is 2. The second-order valence-corrected chi connectivity index (χ2v) is 5.06. The highest BCUT2D eigenvalue weighted by Gasteiger charge is 2.25. The van der Waals surface area contributed by atoms with Gasteiger partial charge in [0, 0.05) is 0 Å². The third-order valence-electron chi connectivity index (χ3n) is 2.88. The summed E-state index contributed by atoms with van der Waals surface area (Å²) in [5, 5.41) is 4.97. The molecule has 1 unspecified atom stereocenters. The Morgan fingerprint density at radius 3 is 2.57 bits per heavy atom. The average Bonchev–Trinajstić information content (AvgIpc) is 2.40. The number of carbonyl (C=O) groups is 2. The van der Waals surface area contributed by atoms with Crippen LogP contribution >= 0.6 is 0 Å². The van der Waals surface area contributed by atoms with Crippen LogP contribution in [-0.4, -0.2) is 24.6 Å². The van der Waals surface area contributed by atoms with Crippen LogP contribution < -0.4 is 10.6 Å². The van der Waals surface area contributed by atoms with Crippen LogP contribution in [0.2, 0.25) is 0 Å². The summed E-state index contributed by atoms with van der Waals surface area (Å²) in [4.78, 5) is 23.7. The maximum absolute atomic E-state index is 13.7. The lowest BCUT2D eigenvalue weighted by atomic mass is 10.0. The molecule has 0 aliphatic rings. The number of ether oxygens (including phenoxy) is 1. The highest BCUT2D eigenvalue weighted by atomic mass is 19.1. The van der Waals surface area contributed by atoms with Gasteiger partial charge in [0.25, 0.3) is 0 Å². The maximum atomic E-state index is 13.7. The molecule has 1 aromatic carbocycles. The van der Waals surface area contributed by atoms with Crippen molar-refractivity contribution < 1.29 is 18.7 Å². The Balaban J connectivity index is 2.82. The number of hydrogen-bond donors (Lipinski definition) is 2. The zero-order chi connectivity index (χ0) is 16.0. The van der Waals surface area contributed by atoms with Crippen LogP contribution in [0.15, 0.2) is 18.2 Å². The normalized spacial score (nSPS) is 11.9. The van der Waals surface area contributed by atoms with E-state index in [2.05, 4.69) is 10.6 Å². The summed E-state index contributed by atoms with van der Waals surface area (Å²) >= 11 is 0. The molecule has 0 radical (unpaired) electrons. The van der Waals surface area contributed by atoms with Crippen LogP contribution in [0.1, 0.15) is 26.3 Å². The highest BCUT2D eigenvalue weighted by molar-refractivity contribution is 5.96. The quantitative estimate of drug-likeness (QED) is 0.878. The average molecular weight is 296 g/mol. The van der Waals surface area contributed by atoms with Crippen molar-refractivity contribution in [3.63, 3.8) is 0 Å². The standard InChI is InChI=1S/C15H21FN2O3/c1-5-21-15(20)18-13(9(2)3)14(19)17-12-8-10(4)6-7-11(12)16/h6-9,13H,5H2,1-4H3,(H,17,19)(H,18,20). The van der Waals surface area contributed by atoms with Crippen molar-refractivity contribution in [2.24, 2.45) is 5.92 Å². The molecule has 1 rings (SSSR count). The zero-order valence-electron chi connectivity index (χ0n) is 12.7. The molecule has 21 heavy (non-hydrogen) atoms. The summed E-state index contributed by atoms with van der Waals surface area (Å²) in [5.74, 6) is -1.17. The highest BCUT2D eigenvalue weighted by Crippen LogP contribution is 2.16. The largest absolute Gasteiger partial charge is 0.450 e. The van der Waals surface area contributed by atoms with Crippen molar-refractivity contribution in [2.75, 3.05) is 11.9 Å². The Hall–Kier alpha value is -2.11. The molecule has 0 aliphatic carbocycles. The number of hydrogen-bond acceptors (Lipinski definition) is 3. The summed E-state index contributed by atoms with van der Waals surface area (Å²) in [5.41, 5.74) is 0.919. The van der Waals surface area contributed by atoms with E-state index >= 15 is 0 Å². The molecule has 0 fully saturated rings. The minimum absolute atomic E-state index is 0.0938. The lowest BCUT2D eigenvalue weighted by molar-refractivity contribution is -0.119. The molecule has 0 saturated heterocycles. The molecular formula is C15H21FN2O3. The van der Waals surface area contributed by atoms with Gasteiger partial charge in [-0.3, -0.25) is 4.79 Å². The molecule has 0 spiro atoms. The van der Waals surface area contributed by atoms with Crippen molar-refractivity contribution in [3.8, 4) is 0 Å². The first-order chi connectivity index (χ1) is 9.85. The Morgan fingerprint density at radius 2 is 2.00 bits per heavy atom. The summed E-state index contributed by atoms with van der Waals surface area (Å²) < 4.78 is 18.4. The van der Waals surface area contributed by atoms with E-state index in [0.29, 0.717) is 0 Å². The number of rotatable bonds is 5. The maximum Gasteiger partial charge on any atom is 0.407 e. The van der Waals surface area contributed by atoms with E-state index in [1.165, 1.54) is 12.1 Å². The summed E-state index contributed by atoms with van der Waals surface area (Å²) in [6, 6.07) is 3.63. The number of nitrogens with one attached hydrogen (secondary N) is 2. The van der Waals surface area contributed by atoms with E-state index < -0.39 is 23.9 Å². The van der Waals surface area contributed by atoms with Gasteiger partial charge in [0.15, 0.2) is 0 Å². The van der Waals surface area contributed by atoms with Crippen molar-refractivity contribution in [2.45, 2.75) is 33.7 Å². The Morgan fingerprint density at radius 1 is 1.33 bits per heavy atom. The molecule has 0 heterocycles. The molecule has 5 nitrogen and oxygen atoms in total. The fourth-order valence-electron chi connectivity index (χ4n) is 1.78. The van der Waals surface area contributed by atoms with E-state index in [0.717, 1.165) is 5.56 Å². The number of amides is 2. The van der Waals surface area contributed by atoms with E-state index in [4.69, 9.17) is 4.74 Å². The number of alkyl carbamates (subject to hydrolysis) is 1. The van der Waals surface area contributed by atoms with Gasteiger partial charge in [-0.05, 0) is 37.5 Å². The van der Waals surface area contributed by atoms with Crippen LogP contribution in [0, 0.1) is 18.7 Å². The zero-order valence-corrected chi connectivity index (χ0v) is 12.7. The molecule has 1 aromatic rings. The van der Waals surface area contributed by atoms with Crippen LogP contribution in [0.25, 0.3) is 0 Å². The molecule has 0 bridgehead atoms. The van der Waals surface area contributed by atoms with Crippen molar-refractivity contribution in [1.29, 1.82) is 0 Å². The van der Waals surface area contributed by atoms with Crippen molar-refractivity contribution in [1.82, 2.24) is 5.32 Å². The van der Waals surface area contributed by atoms with Crippen LogP contribution in [-0.2, 0) is 9.53 Å². The Bertz CT molecular complexity index is 518. The van der Waals surface area contributed by atoms with Gasteiger partial charge < -0.3 is 15.4 Å². The fourth-order valence-corrected chi connectivity index (χ4v) is 1.78. The molecule has 1 atom stereocenters. The van der Waals surface area contributed by atoms with Gasteiger partial charge in [-0.15, -0.1) is 0 Å². The molecule has 2 amide bonds. The molecule has 0 saturated carbocycles. The summed E-state index contributed by atoms with van der Waals surface area (Å²) in [7, 11) is 0.